The summed E-state index contributed by atoms with van der Waals surface area (Å²) >= 11 is 0. The summed E-state index contributed by atoms with van der Waals surface area (Å²) < 4.78 is 0. The molecule has 7 heteroatoms. The van der Waals surface area contributed by atoms with E-state index >= 15 is 0 Å². The van der Waals surface area contributed by atoms with Gasteiger partial charge in [-0.25, -0.2) is 9.97 Å². The van der Waals surface area contributed by atoms with Crippen molar-refractivity contribution in [3.8, 4) is 0 Å². The van der Waals surface area contributed by atoms with Gasteiger partial charge in [-0.15, -0.1) is 0 Å². The summed E-state index contributed by atoms with van der Waals surface area (Å²) in [6.07, 6.45) is 5.11. The number of carbonyl (C=O) groups excluding carboxylic acids is 2. The molecule has 1 aromatic rings. The first kappa shape index (κ1) is 15.8. The summed E-state index contributed by atoms with van der Waals surface area (Å²) in [5, 5.41) is 3.08. The number of ketones is 2. The Balaban J connectivity index is 1.49. The van der Waals surface area contributed by atoms with E-state index in [9.17, 15) is 9.59 Å². The van der Waals surface area contributed by atoms with Crippen LogP contribution in [0, 0.1) is 0 Å². The molecule has 0 saturated carbocycles. The van der Waals surface area contributed by atoms with Crippen LogP contribution in [0.1, 0.15) is 27.4 Å². The SMILES string of the molecule is CN1CCN(CCCNC2=CC(=O)c3nccnc3C2=O)CC1. The molecule has 1 aliphatic heterocycles. The standard InChI is InChI=1S/C16H21N5O2/c1-20-7-9-21(10-8-20)6-2-3-17-12-11-13(22)14-15(16(12)23)19-5-4-18-14/h4-5,11,17H,2-3,6-10H2,1H3. The molecular formula is C16H21N5O2. The number of rotatable bonds is 5. The van der Waals surface area contributed by atoms with Crippen LogP contribution in [0.2, 0.25) is 0 Å². The lowest BCUT2D eigenvalue weighted by atomic mass is 10.0. The fraction of sp³-hybridized carbons (Fsp3) is 0.500. The van der Waals surface area contributed by atoms with Crippen molar-refractivity contribution in [1.82, 2.24) is 25.1 Å². The minimum absolute atomic E-state index is 0.139. The van der Waals surface area contributed by atoms with Crippen LogP contribution < -0.4 is 5.32 Å². The molecule has 2 aliphatic rings. The van der Waals surface area contributed by atoms with Gasteiger partial charge in [0.2, 0.25) is 11.6 Å². The van der Waals surface area contributed by atoms with E-state index in [0.717, 1.165) is 39.1 Å². The summed E-state index contributed by atoms with van der Waals surface area (Å²) in [6, 6.07) is 0. The minimum atomic E-state index is -0.269. The smallest absolute Gasteiger partial charge is 0.229 e. The lowest BCUT2D eigenvalue weighted by Gasteiger charge is -2.32. The number of likely N-dealkylation sites (N-methyl/N-ethyl adjacent to an activating group) is 1. The molecule has 1 aromatic heterocycles. The molecule has 0 aromatic carbocycles. The Bertz CT molecular complexity index is 635. The highest BCUT2D eigenvalue weighted by atomic mass is 16.1. The number of hydrogen-bond acceptors (Lipinski definition) is 7. The summed E-state index contributed by atoms with van der Waals surface area (Å²) in [7, 11) is 2.14. The Morgan fingerprint density at radius 3 is 2.52 bits per heavy atom. The van der Waals surface area contributed by atoms with Crippen LogP contribution in [0.4, 0.5) is 0 Å². The number of piperazine rings is 1. The second-order valence-electron chi connectivity index (χ2n) is 5.93. The molecule has 1 aliphatic carbocycles. The number of hydrogen-bond donors (Lipinski definition) is 1. The molecule has 1 saturated heterocycles. The molecule has 2 heterocycles. The Labute approximate surface area is 135 Å². The third kappa shape index (κ3) is 3.62. The van der Waals surface area contributed by atoms with Gasteiger partial charge in [-0.1, -0.05) is 0 Å². The van der Waals surface area contributed by atoms with Gasteiger partial charge in [0.15, 0.2) is 0 Å². The third-order valence-electron chi connectivity index (χ3n) is 4.23. The van der Waals surface area contributed by atoms with E-state index in [2.05, 4.69) is 32.1 Å². The van der Waals surface area contributed by atoms with Crippen LogP contribution in [0.5, 0.6) is 0 Å². The maximum Gasteiger partial charge on any atom is 0.229 e. The predicted octanol–water partition coefficient (Wildman–Crippen LogP) is -0.0334. The van der Waals surface area contributed by atoms with Gasteiger partial charge in [0.05, 0.1) is 5.70 Å². The molecular weight excluding hydrogens is 294 g/mol. The quantitative estimate of drug-likeness (QED) is 0.764. The van der Waals surface area contributed by atoms with Crippen molar-refractivity contribution in [3.63, 3.8) is 0 Å². The molecule has 0 atom stereocenters. The Hall–Kier alpha value is -2.12. The van der Waals surface area contributed by atoms with Crippen molar-refractivity contribution < 1.29 is 9.59 Å². The highest BCUT2D eigenvalue weighted by Crippen LogP contribution is 2.15. The summed E-state index contributed by atoms with van der Waals surface area (Å²) in [4.78, 5) is 36.9. The number of fused-ring (bicyclic) bond motifs is 1. The van der Waals surface area contributed by atoms with E-state index in [0.29, 0.717) is 12.2 Å². The molecule has 0 unspecified atom stereocenters. The van der Waals surface area contributed by atoms with Crippen molar-refractivity contribution in [2.75, 3.05) is 46.3 Å². The number of carbonyl (C=O) groups is 2. The van der Waals surface area contributed by atoms with E-state index in [1.165, 1.54) is 18.5 Å². The van der Waals surface area contributed by atoms with Crippen molar-refractivity contribution >= 4 is 11.6 Å². The van der Waals surface area contributed by atoms with E-state index in [-0.39, 0.29) is 23.0 Å². The van der Waals surface area contributed by atoms with Gasteiger partial charge in [0.25, 0.3) is 0 Å². The molecule has 23 heavy (non-hydrogen) atoms. The van der Waals surface area contributed by atoms with Gasteiger partial charge in [-0.3, -0.25) is 9.59 Å². The van der Waals surface area contributed by atoms with Crippen molar-refractivity contribution in [2.45, 2.75) is 6.42 Å². The first-order chi connectivity index (χ1) is 11.1. The monoisotopic (exact) mass is 315 g/mol. The van der Waals surface area contributed by atoms with Gasteiger partial charge in [0.1, 0.15) is 11.4 Å². The van der Waals surface area contributed by atoms with Crippen LogP contribution in [-0.2, 0) is 0 Å². The number of allylic oxidation sites excluding steroid dienone is 2. The molecule has 1 N–H and O–H groups in total. The van der Waals surface area contributed by atoms with Gasteiger partial charge < -0.3 is 15.1 Å². The second-order valence-corrected chi connectivity index (χ2v) is 5.93. The lowest BCUT2D eigenvalue weighted by molar-refractivity contribution is 0.0970. The van der Waals surface area contributed by atoms with E-state index < -0.39 is 0 Å². The zero-order valence-electron chi connectivity index (χ0n) is 13.3. The topological polar surface area (TPSA) is 78.4 Å². The maximum atomic E-state index is 12.3. The minimum Gasteiger partial charge on any atom is -0.382 e. The van der Waals surface area contributed by atoms with Crippen molar-refractivity contribution in [1.29, 1.82) is 0 Å². The first-order valence-electron chi connectivity index (χ1n) is 7.91. The molecule has 122 valence electrons. The van der Waals surface area contributed by atoms with Gasteiger partial charge in [-0.2, -0.15) is 0 Å². The summed E-state index contributed by atoms with van der Waals surface area (Å²) in [6.45, 7) is 6.01. The first-order valence-corrected chi connectivity index (χ1v) is 7.91. The highest BCUT2D eigenvalue weighted by Gasteiger charge is 2.27. The molecule has 0 radical (unpaired) electrons. The molecule has 7 nitrogen and oxygen atoms in total. The zero-order valence-corrected chi connectivity index (χ0v) is 13.3. The second kappa shape index (κ2) is 6.97. The predicted molar refractivity (Wildman–Crippen MR) is 85.3 cm³/mol. The lowest BCUT2D eigenvalue weighted by Crippen LogP contribution is -2.45. The number of nitrogens with one attached hydrogen (secondary N) is 1. The zero-order chi connectivity index (χ0) is 16.2. The molecule has 3 rings (SSSR count). The largest absolute Gasteiger partial charge is 0.382 e. The average molecular weight is 315 g/mol. The van der Waals surface area contributed by atoms with Crippen LogP contribution in [0.15, 0.2) is 24.2 Å². The Morgan fingerprint density at radius 1 is 1.09 bits per heavy atom. The van der Waals surface area contributed by atoms with Gasteiger partial charge in [-0.05, 0) is 20.0 Å². The van der Waals surface area contributed by atoms with Crippen LogP contribution in [-0.4, -0.2) is 77.7 Å². The third-order valence-corrected chi connectivity index (χ3v) is 4.23. The van der Waals surface area contributed by atoms with Crippen LogP contribution >= 0.6 is 0 Å². The maximum absolute atomic E-state index is 12.3. The fourth-order valence-electron chi connectivity index (χ4n) is 2.81. The normalized spacial score (nSPS) is 19.4. The van der Waals surface area contributed by atoms with E-state index in [1.807, 2.05) is 0 Å². The van der Waals surface area contributed by atoms with Crippen LogP contribution in [0.25, 0.3) is 0 Å². The van der Waals surface area contributed by atoms with Crippen molar-refractivity contribution in [2.24, 2.45) is 0 Å². The van der Waals surface area contributed by atoms with Crippen molar-refractivity contribution in [3.05, 3.63) is 35.6 Å². The Morgan fingerprint density at radius 2 is 1.78 bits per heavy atom. The van der Waals surface area contributed by atoms with E-state index in [1.54, 1.807) is 0 Å². The Kier molecular flexibility index (Phi) is 4.78. The number of aromatic nitrogens is 2. The average Bonchev–Trinajstić information content (AvgIpc) is 2.57. The molecule has 0 spiro atoms. The van der Waals surface area contributed by atoms with Gasteiger partial charge in [0, 0.05) is 51.2 Å². The van der Waals surface area contributed by atoms with Crippen LogP contribution in [0.3, 0.4) is 0 Å². The molecule has 1 fully saturated rings. The fourth-order valence-corrected chi connectivity index (χ4v) is 2.81. The van der Waals surface area contributed by atoms with Gasteiger partial charge >= 0.3 is 0 Å². The summed E-state index contributed by atoms with van der Waals surface area (Å²) in [5.41, 5.74) is 0.600. The number of Topliss-reactive ketones (excluding diaryl/α,β-unsaturated/α-hetero) is 1. The van der Waals surface area contributed by atoms with E-state index in [4.69, 9.17) is 0 Å². The summed E-state index contributed by atoms with van der Waals surface area (Å²) in [5.74, 6) is -0.526. The number of nitrogens with zero attached hydrogens (tertiary/aromatic N) is 4. The highest BCUT2D eigenvalue weighted by molar-refractivity contribution is 6.22. The molecule has 0 amide bonds. The molecule has 0 bridgehead atoms.